The summed E-state index contributed by atoms with van der Waals surface area (Å²) in [5.41, 5.74) is 1.01. The van der Waals surface area contributed by atoms with Gasteiger partial charge in [0.2, 0.25) is 0 Å². The molecule has 0 saturated carbocycles. The molecule has 1 atom stereocenters. The third-order valence-corrected chi connectivity index (χ3v) is 1.78. The second kappa shape index (κ2) is 3.95. The van der Waals surface area contributed by atoms with Gasteiger partial charge in [0.05, 0.1) is 0 Å². The van der Waals surface area contributed by atoms with Crippen LogP contribution in [0, 0.1) is 0 Å². The molecule has 3 heteroatoms. The molecule has 0 aromatic heterocycles. The predicted molar refractivity (Wildman–Crippen MR) is 46.7 cm³/mol. The smallest absolute Gasteiger partial charge is 0.325 e. The number of carboxylic acids is 1. The van der Waals surface area contributed by atoms with Gasteiger partial charge in [-0.15, -0.1) is 0 Å². The first-order valence-corrected chi connectivity index (χ1v) is 4.03. The number of allylic oxidation sites excluding steroid dienone is 3. The van der Waals surface area contributed by atoms with Crippen LogP contribution >= 0.6 is 0 Å². The molecular weight excluding hydrogens is 154 g/mol. The van der Waals surface area contributed by atoms with E-state index in [9.17, 15) is 4.79 Å². The van der Waals surface area contributed by atoms with Gasteiger partial charge in [0.25, 0.3) is 0 Å². The highest BCUT2D eigenvalue weighted by atomic mass is 16.4. The van der Waals surface area contributed by atoms with E-state index >= 15 is 0 Å². The minimum Gasteiger partial charge on any atom is -0.480 e. The summed E-state index contributed by atoms with van der Waals surface area (Å²) in [6.07, 6.45) is 7.83. The normalized spacial score (nSPS) is 18.2. The van der Waals surface area contributed by atoms with Gasteiger partial charge in [0.1, 0.15) is 6.04 Å². The van der Waals surface area contributed by atoms with E-state index in [0.717, 1.165) is 18.5 Å². The van der Waals surface area contributed by atoms with Gasteiger partial charge >= 0.3 is 5.97 Å². The molecule has 0 aromatic carbocycles. The largest absolute Gasteiger partial charge is 0.480 e. The van der Waals surface area contributed by atoms with Gasteiger partial charge in [-0.1, -0.05) is 18.2 Å². The van der Waals surface area contributed by atoms with Crippen molar-refractivity contribution in [1.29, 1.82) is 0 Å². The fourth-order valence-corrected chi connectivity index (χ4v) is 1.06. The molecule has 0 unspecified atom stereocenters. The molecule has 1 aliphatic carbocycles. The zero-order valence-corrected chi connectivity index (χ0v) is 7.08. The van der Waals surface area contributed by atoms with E-state index < -0.39 is 12.0 Å². The molecule has 1 aliphatic rings. The molecule has 0 fully saturated rings. The summed E-state index contributed by atoms with van der Waals surface area (Å²) in [4.78, 5) is 10.5. The Morgan fingerprint density at radius 3 is 2.92 bits per heavy atom. The van der Waals surface area contributed by atoms with E-state index in [0.29, 0.717) is 0 Å². The third-order valence-electron chi connectivity index (χ3n) is 1.78. The second-order valence-corrected chi connectivity index (χ2v) is 2.84. The van der Waals surface area contributed by atoms with Crippen molar-refractivity contribution in [2.75, 3.05) is 0 Å². The molecule has 12 heavy (non-hydrogen) atoms. The second-order valence-electron chi connectivity index (χ2n) is 2.84. The maximum atomic E-state index is 10.5. The van der Waals surface area contributed by atoms with E-state index in [1.165, 1.54) is 0 Å². The van der Waals surface area contributed by atoms with Crippen molar-refractivity contribution < 1.29 is 9.90 Å². The van der Waals surface area contributed by atoms with Crippen LogP contribution in [0.15, 0.2) is 23.9 Å². The standard InChI is InChI=1S/C9H13NO2/c1-7(9(11)12)10-8-5-3-2-4-6-8/h2-3,6-7,10H,4-5H2,1H3,(H,11,12)/t7-/m0/s1. The van der Waals surface area contributed by atoms with Gasteiger partial charge in [-0.2, -0.15) is 0 Å². The lowest BCUT2D eigenvalue weighted by molar-refractivity contribution is -0.138. The summed E-state index contributed by atoms with van der Waals surface area (Å²) >= 11 is 0. The SMILES string of the molecule is C[C@H](NC1=CCC=CC1)C(=O)O. The first-order valence-electron chi connectivity index (χ1n) is 4.03. The van der Waals surface area contributed by atoms with Crippen molar-refractivity contribution in [3.8, 4) is 0 Å². The maximum Gasteiger partial charge on any atom is 0.325 e. The number of carbonyl (C=O) groups is 1. The molecule has 0 amide bonds. The molecular formula is C9H13NO2. The molecule has 2 N–H and O–H groups in total. The number of carboxylic acid groups (broad SMARTS) is 1. The summed E-state index contributed by atoms with van der Waals surface area (Å²) in [5.74, 6) is -0.814. The molecule has 0 bridgehead atoms. The van der Waals surface area contributed by atoms with Gasteiger partial charge < -0.3 is 10.4 Å². The zero-order valence-electron chi connectivity index (χ0n) is 7.08. The number of hydrogen-bond donors (Lipinski definition) is 2. The average molecular weight is 167 g/mol. The van der Waals surface area contributed by atoms with Gasteiger partial charge in [-0.25, -0.2) is 0 Å². The lowest BCUT2D eigenvalue weighted by Crippen LogP contribution is -2.33. The maximum absolute atomic E-state index is 10.5. The van der Waals surface area contributed by atoms with E-state index in [1.807, 2.05) is 12.2 Å². The Morgan fingerprint density at radius 2 is 2.42 bits per heavy atom. The summed E-state index contributed by atoms with van der Waals surface area (Å²) in [7, 11) is 0. The molecule has 0 radical (unpaired) electrons. The summed E-state index contributed by atoms with van der Waals surface area (Å²) in [5, 5.41) is 11.5. The third kappa shape index (κ3) is 2.42. The van der Waals surface area contributed by atoms with E-state index in [1.54, 1.807) is 6.92 Å². The van der Waals surface area contributed by atoms with Crippen LogP contribution in [0.5, 0.6) is 0 Å². The van der Waals surface area contributed by atoms with E-state index in [2.05, 4.69) is 11.4 Å². The average Bonchev–Trinajstić information content (AvgIpc) is 2.06. The van der Waals surface area contributed by atoms with Crippen LogP contribution in [0.1, 0.15) is 19.8 Å². The van der Waals surface area contributed by atoms with Crippen molar-refractivity contribution in [3.05, 3.63) is 23.9 Å². The Labute approximate surface area is 71.8 Å². The molecule has 0 aromatic rings. The highest BCUT2D eigenvalue weighted by molar-refractivity contribution is 5.73. The Balaban J connectivity index is 2.40. The molecule has 1 rings (SSSR count). The van der Waals surface area contributed by atoms with Gasteiger partial charge in [0, 0.05) is 12.1 Å². The van der Waals surface area contributed by atoms with Crippen molar-refractivity contribution >= 4 is 5.97 Å². The van der Waals surface area contributed by atoms with Gasteiger partial charge in [-0.05, 0) is 13.3 Å². The van der Waals surface area contributed by atoms with Crippen molar-refractivity contribution in [3.63, 3.8) is 0 Å². The van der Waals surface area contributed by atoms with Crippen LogP contribution in [0.2, 0.25) is 0 Å². The Bertz CT molecular complexity index is 231. The van der Waals surface area contributed by atoms with Gasteiger partial charge in [-0.3, -0.25) is 4.79 Å². The monoisotopic (exact) mass is 167 g/mol. The van der Waals surface area contributed by atoms with Crippen molar-refractivity contribution in [2.24, 2.45) is 0 Å². The topological polar surface area (TPSA) is 49.3 Å². The summed E-state index contributed by atoms with van der Waals surface area (Å²) in [6, 6.07) is -0.497. The quantitative estimate of drug-likeness (QED) is 0.622. The summed E-state index contributed by atoms with van der Waals surface area (Å²) in [6.45, 7) is 1.64. The van der Waals surface area contributed by atoms with E-state index in [4.69, 9.17) is 5.11 Å². The van der Waals surface area contributed by atoms with Crippen LogP contribution < -0.4 is 5.32 Å². The molecule has 66 valence electrons. The Kier molecular flexibility index (Phi) is 2.91. The Morgan fingerprint density at radius 1 is 1.67 bits per heavy atom. The highest BCUT2D eigenvalue weighted by Gasteiger charge is 2.10. The first kappa shape index (κ1) is 8.84. The molecule has 0 aliphatic heterocycles. The van der Waals surface area contributed by atoms with Crippen molar-refractivity contribution in [1.82, 2.24) is 5.32 Å². The van der Waals surface area contributed by atoms with Crippen LogP contribution in [-0.4, -0.2) is 17.1 Å². The van der Waals surface area contributed by atoms with Gasteiger partial charge in [0.15, 0.2) is 0 Å². The lowest BCUT2D eigenvalue weighted by atomic mass is 10.1. The number of nitrogens with one attached hydrogen (secondary N) is 1. The van der Waals surface area contributed by atoms with E-state index in [-0.39, 0.29) is 0 Å². The summed E-state index contributed by atoms with van der Waals surface area (Å²) < 4.78 is 0. The number of hydrogen-bond acceptors (Lipinski definition) is 2. The van der Waals surface area contributed by atoms with Crippen LogP contribution in [-0.2, 0) is 4.79 Å². The minimum absolute atomic E-state index is 0.497. The van der Waals surface area contributed by atoms with Crippen molar-refractivity contribution in [2.45, 2.75) is 25.8 Å². The number of rotatable bonds is 3. The number of aliphatic carboxylic acids is 1. The molecule has 0 spiro atoms. The van der Waals surface area contributed by atoms with Crippen LogP contribution in [0.3, 0.4) is 0 Å². The zero-order chi connectivity index (χ0) is 8.97. The van der Waals surface area contributed by atoms with Crippen LogP contribution in [0.25, 0.3) is 0 Å². The molecule has 0 saturated heterocycles. The lowest BCUT2D eigenvalue weighted by Gasteiger charge is -2.14. The van der Waals surface area contributed by atoms with Crippen LogP contribution in [0.4, 0.5) is 0 Å². The molecule has 3 nitrogen and oxygen atoms in total. The molecule has 0 heterocycles. The fourth-order valence-electron chi connectivity index (χ4n) is 1.06. The Hall–Kier alpha value is -1.25. The fraction of sp³-hybridized carbons (Fsp3) is 0.444. The highest BCUT2D eigenvalue weighted by Crippen LogP contribution is 2.08. The minimum atomic E-state index is -0.814. The first-order chi connectivity index (χ1) is 5.70. The predicted octanol–water partition coefficient (Wildman–Crippen LogP) is 1.28.